The molecule has 0 bridgehead atoms. The monoisotopic (exact) mass is 338 g/mol. The Balaban J connectivity index is 1.63. The number of hydrogen-bond donors (Lipinski definition) is 1. The van der Waals surface area contributed by atoms with Gasteiger partial charge in [-0.25, -0.2) is 0 Å². The molecule has 2 aromatic rings. The van der Waals surface area contributed by atoms with E-state index in [4.69, 9.17) is 4.74 Å². The number of nitrogens with zero attached hydrogens (tertiary/aromatic N) is 1. The zero-order valence-electron chi connectivity index (χ0n) is 14.9. The van der Waals surface area contributed by atoms with Crippen LogP contribution in [0.1, 0.15) is 30.1 Å². The van der Waals surface area contributed by atoms with Crippen LogP contribution in [-0.4, -0.2) is 26.6 Å². The highest BCUT2D eigenvalue weighted by atomic mass is 16.5. The lowest BCUT2D eigenvalue weighted by molar-refractivity contribution is -0.134. The average molecular weight is 338 g/mol. The Morgan fingerprint density at radius 3 is 2.52 bits per heavy atom. The predicted octanol–water partition coefficient (Wildman–Crippen LogP) is 3.54. The summed E-state index contributed by atoms with van der Waals surface area (Å²) in [4.78, 5) is 14.8. The van der Waals surface area contributed by atoms with Gasteiger partial charge in [0.25, 0.3) is 0 Å². The van der Waals surface area contributed by atoms with Crippen molar-refractivity contribution in [2.45, 2.75) is 25.5 Å². The van der Waals surface area contributed by atoms with Crippen LogP contribution in [0.15, 0.2) is 54.6 Å². The minimum Gasteiger partial charge on any atom is -0.378 e. The minimum atomic E-state index is -0.147. The van der Waals surface area contributed by atoms with Gasteiger partial charge in [0.2, 0.25) is 5.91 Å². The topological polar surface area (TPSA) is 41.6 Å². The lowest BCUT2D eigenvalue weighted by atomic mass is 9.88. The smallest absolute Gasteiger partial charge is 0.226 e. The summed E-state index contributed by atoms with van der Waals surface area (Å²) in [7, 11) is 4.03. The largest absolute Gasteiger partial charge is 0.378 e. The zero-order valence-corrected chi connectivity index (χ0v) is 14.9. The van der Waals surface area contributed by atoms with Gasteiger partial charge in [-0.05, 0) is 36.1 Å². The Labute approximate surface area is 149 Å². The van der Waals surface area contributed by atoms with Crippen LogP contribution in [0.5, 0.6) is 0 Å². The maximum Gasteiger partial charge on any atom is 0.226 e. The van der Waals surface area contributed by atoms with Gasteiger partial charge in [-0.1, -0.05) is 42.5 Å². The third kappa shape index (κ3) is 4.40. The highest BCUT2D eigenvalue weighted by Gasteiger charge is 2.32. The average Bonchev–Trinajstić information content (AvgIpc) is 2.67. The van der Waals surface area contributed by atoms with Crippen molar-refractivity contribution in [3.63, 3.8) is 0 Å². The number of carbonyl (C=O) groups excluding carboxylic acids is 1. The second-order valence-electron chi connectivity index (χ2n) is 6.73. The first-order chi connectivity index (χ1) is 12.1. The molecule has 1 N–H and O–H groups in total. The molecule has 1 saturated heterocycles. The van der Waals surface area contributed by atoms with Gasteiger partial charge in [-0.2, -0.15) is 0 Å². The molecule has 2 atom stereocenters. The molecule has 1 fully saturated rings. The van der Waals surface area contributed by atoms with E-state index >= 15 is 0 Å². The van der Waals surface area contributed by atoms with Gasteiger partial charge in [0, 0.05) is 32.9 Å². The molecule has 2 aromatic carbocycles. The minimum absolute atomic E-state index is 0.0743. The summed E-state index contributed by atoms with van der Waals surface area (Å²) in [6, 6.07) is 18.3. The standard InChI is InChI=1S/C21H26N2O2/c1-23(2)18-12-10-16(11-13-18)15-22-21(24)19-9-6-14-25-20(19)17-7-4-3-5-8-17/h3-5,7-8,10-13,19-20H,6,9,14-15H2,1-2H3,(H,22,24)/t19-,20-/m1/s1. The molecular formula is C21H26N2O2. The normalized spacial score (nSPS) is 20.1. The summed E-state index contributed by atoms with van der Waals surface area (Å²) in [5, 5.41) is 3.08. The quantitative estimate of drug-likeness (QED) is 0.907. The fourth-order valence-electron chi connectivity index (χ4n) is 3.25. The SMILES string of the molecule is CN(C)c1ccc(CNC(=O)[C@@H]2CCCO[C@@H]2c2ccccc2)cc1. The van der Waals surface area contributed by atoms with Crippen molar-refractivity contribution in [3.8, 4) is 0 Å². The molecule has 132 valence electrons. The van der Waals surface area contributed by atoms with Gasteiger partial charge >= 0.3 is 0 Å². The van der Waals surface area contributed by atoms with Gasteiger partial charge in [0.15, 0.2) is 0 Å². The number of amides is 1. The van der Waals surface area contributed by atoms with E-state index in [0.717, 1.165) is 36.3 Å². The molecule has 1 aliphatic rings. The number of rotatable bonds is 5. The van der Waals surface area contributed by atoms with Crippen molar-refractivity contribution in [2.24, 2.45) is 5.92 Å². The molecule has 0 saturated carbocycles. The number of carbonyl (C=O) groups is 1. The van der Waals surface area contributed by atoms with Gasteiger partial charge in [-0.15, -0.1) is 0 Å². The number of ether oxygens (including phenoxy) is 1. The fraction of sp³-hybridized carbons (Fsp3) is 0.381. The number of benzene rings is 2. The summed E-state index contributed by atoms with van der Waals surface area (Å²) in [5.41, 5.74) is 3.34. The van der Waals surface area contributed by atoms with Crippen molar-refractivity contribution >= 4 is 11.6 Å². The summed E-state index contributed by atoms with van der Waals surface area (Å²) < 4.78 is 5.93. The van der Waals surface area contributed by atoms with Gasteiger partial charge in [0.05, 0.1) is 12.0 Å². The van der Waals surface area contributed by atoms with E-state index in [0.29, 0.717) is 6.54 Å². The molecule has 4 heteroatoms. The van der Waals surface area contributed by atoms with Crippen LogP contribution < -0.4 is 10.2 Å². The summed E-state index contributed by atoms with van der Waals surface area (Å²) >= 11 is 0. The molecule has 0 aliphatic carbocycles. The molecule has 0 aromatic heterocycles. The molecular weight excluding hydrogens is 312 g/mol. The van der Waals surface area contributed by atoms with E-state index in [9.17, 15) is 4.79 Å². The Hall–Kier alpha value is -2.33. The Morgan fingerprint density at radius 2 is 1.84 bits per heavy atom. The van der Waals surface area contributed by atoms with E-state index in [1.54, 1.807) is 0 Å². The van der Waals surface area contributed by atoms with E-state index < -0.39 is 0 Å². The van der Waals surface area contributed by atoms with Crippen LogP contribution in [-0.2, 0) is 16.1 Å². The van der Waals surface area contributed by atoms with Gasteiger partial charge in [-0.3, -0.25) is 4.79 Å². The van der Waals surface area contributed by atoms with E-state index in [1.165, 1.54) is 0 Å². The van der Waals surface area contributed by atoms with Crippen molar-refractivity contribution < 1.29 is 9.53 Å². The van der Waals surface area contributed by atoms with Crippen LogP contribution in [0.2, 0.25) is 0 Å². The summed E-state index contributed by atoms with van der Waals surface area (Å²) in [6.45, 7) is 1.26. The summed E-state index contributed by atoms with van der Waals surface area (Å²) in [6.07, 6.45) is 1.65. The lowest BCUT2D eigenvalue weighted by Crippen LogP contribution is -2.37. The number of hydrogen-bond acceptors (Lipinski definition) is 3. The Morgan fingerprint density at radius 1 is 1.12 bits per heavy atom. The van der Waals surface area contributed by atoms with Gasteiger partial charge in [0.1, 0.15) is 0 Å². The zero-order chi connectivity index (χ0) is 17.6. The molecule has 3 rings (SSSR count). The molecule has 1 heterocycles. The van der Waals surface area contributed by atoms with Crippen LogP contribution in [0.4, 0.5) is 5.69 Å². The van der Waals surface area contributed by atoms with E-state index in [-0.39, 0.29) is 17.9 Å². The molecule has 1 amide bonds. The molecule has 25 heavy (non-hydrogen) atoms. The second kappa shape index (κ2) is 8.17. The molecule has 0 unspecified atom stereocenters. The van der Waals surface area contributed by atoms with Crippen molar-refractivity contribution in [1.82, 2.24) is 5.32 Å². The Bertz CT molecular complexity index is 683. The van der Waals surface area contributed by atoms with E-state index in [1.807, 2.05) is 44.4 Å². The van der Waals surface area contributed by atoms with Crippen LogP contribution in [0.25, 0.3) is 0 Å². The first kappa shape index (κ1) is 17.5. The van der Waals surface area contributed by atoms with Crippen LogP contribution in [0, 0.1) is 5.92 Å². The predicted molar refractivity (Wildman–Crippen MR) is 100 cm³/mol. The number of nitrogens with one attached hydrogen (secondary N) is 1. The Kier molecular flexibility index (Phi) is 5.71. The highest BCUT2D eigenvalue weighted by Crippen LogP contribution is 2.33. The maximum atomic E-state index is 12.7. The summed E-state index contributed by atoms with van der Waals surface area (Å²) in [5.74, 6) is -0.0533. The van der Waals surface area contributed by atoms with Gasteiger partial charge < -0.3 is 15.0 Å². The van der Waals surface area contributed by atoms with E-state index in [2.05, 4.69) is 34.5 Å². The molecule has 4 nitrogen and oxygen atoms in total. The molecule has 0 spiro atoms. The third-order valence-corrected chi connectivity index (χ3v) is 4.71. The first-order valence-electron chi connectivity index (χ1n) is 8.85. The fourth-order valence-corrected chi connectivity index (χ4v) is 3.25. The van der Waals surface area contributed by atoms with Crippen LogP contribution >= 0.6 is 0 Å². The van der Waals surface area contributed by atoms with Crippen molar-refractivity contribution in [2.75, 3.05) is 25.6 Å². The number of anilines is 1. The second-order valence-corrected chi connectivity index (χ2v) is 6.73. The molecule has 0 radical (unpaired) electrons. The highest BCUT2D eigenvalue weighted by molar-refractivity contribution is 5.79. The van der Waals surface area contributed by atoms with Crippen LogP contribution in [0.3, 0.4) is 0 Å². The third-order valence-electron chi connectivity index (χ3n) is 4.71. The van der Waals surface area contributed by atoms with Crippen molar-refractivity contribution in [1.29, 1.82) is 0 Å². The lowest BCUT2D eigenvalue weighted by Gasteiger charge is -2.31. The van der Waals surface area contributed by atoms with Crippen molar-refractivity contribution in [3.05, 3.63) is 65.7 Å². The maximum absolute atomic E-state index is 12.7. The molecule has 1 aliphatic heterocycles. The first-order valence-corrected chi connectivity index (χ1v) is 8.85.